The van der Waals surface area contributed by atoms with Gasteiger partial charge in [0.15, 0.2) is 0 Å². The molecule has 0 spiro atoms. The van der Waals surface area contributed by atoms with E-state index in [0.717, 1.165) is 31.6 Å². The second-order valence-corrected chi connectivity index (χ2v) is 7.59. The Morgan fingerprint density at radius 2 is 1.90 bits per heavy atom. The molecule has 0 radical (unpaired) electrons. The molecule has 6 nitrogen and oxygen atoms in total. The van der Waals surface area contributed by atoms with Crippen molar-refractivity contribution < 1.29 is 14.3 Å². The van der Waals surface area contributed by atoms with E-state index in [1.54, 1.807) is 12.0 Å². The zero-order valence-corrected chi connectivity index (χ0v) is 16.8. The van der Waals surface area contributed by atoms with Crippen LogP contribution >= 0.6 is 0 Å². The molecule has 2 aromatic carbocycles. The SMILES string of the molecule is COc1ccccc1N1CC(C(=O)NCCCN2CCc3ccccc32)CC1=O. The molecule has 2 amide bonds. The van der Waals surface area contributed by atoms with E-state index < -0.39 is 0 Å². The van der Waals surface area contributed by atoms with Crippen molar-refractivity contribution in [3.05, 3.63) is 54.1 Å². The van der Waals surface area contributed by atoms with Gasteiger partial charge in [-0.05, 0) is 36.6 Å². The highest BCUT2D eigenvalue weighted by Crippen LogP contribution is 2.32. The number of nitrogens with one attached hydrogen (secondary N) is 1. The lowest BCUT2D eigenvalue weighted by Gasteiger charge is -2.20. The van der Waals surface area contributed by atoms with E-state index in [2.05, 4.69) is 34.5 Å². The van der Waals surface area contributed by atoms with Crippen LogP contribution in [0.2, 0.25) is 0 Å². The topological polar surface area (TPSA) is 61.9 Å². The van der Waals surface area contributed by atoms with Crippen LogP contribution < -0.4 is 19.9 Å². The molecule has 4 rings (SSSR count). The summed E-state index contributed by atoms with van der Waals surface area (Å²) in [5.41, 5.74) is 3.44. The third-order valence-electron chi connectivity index (χ3n) is 5.76. The summed E-state index contributed by atoms with van der Waals surface area (Å²) in [6.07, 6.45) is 2.21. The largest absolute Gasteiger partial charge is 0.495 e. The first-order valence-corrected chi connectivity index (χ1v) is 10.2. The summed E-state index contributed by atoms with van der Waals surface area (Å²) in [5.74, 6) is 0.244. The van der Waals surface area contributed by atoms with Crippen LogP contribution in [0.5, 0.6) is 5.75 Å². The molecule has 2 aromatic rings. The van der Waals surface area contributed by atoms with E-state index in [1.165, 1.54) is 11.3 Å². The van der Waals surface area contributed by atoms with Gasteiger partial charge >= 0.3 is 0 Å². The fourth-order valence-electron chi connectivity index (χ4n) is 4.23. The second kappa shape index (κ2) is 8.55. The Morgan fingerprint density at radius 1 is 1.14 bits per heavy atom. The minimum absolute atomic E-state index is 0.0386. The molecule has 29 heavy (non-hydrogen) atoms. The summed E-state index contributed by atoms with van der Waals surface area (Å²) < 4.78 is 5.36. The first kappa shape index (κ1) is 19.3. The number of amides is 2. The summed E-state index contributed by atoms with van der Waals surface area (Å²) in [6.45, 7) is 2.98. The van der Waals surface area contributed by atoms with Crippen LogP contribution in [-0.2, 0) is 16.0 Å². The lowest BCUT2D eigenvalue weighted by atomic mass is 10.1. The zero-order chi connectivity index (χ0) is 20.2. The Morgan fingerprint density at radius 3 is 2.72 bits per heavy atom. The summed E-state index contributed by atoms with van der Waals surface area (Å²) in [6, 6.07) is 15.9. The zero-order valence-electron chi connectivity index (χ0n) is 16.8. The average molecular weight is 393 g/mol. The smallest absolute Gasteiger partial charge is 0.227 e. The monoisotopic (exact) mass is 393 g/mol. The van der Waals surface area contributed by atoms with Crippen LogP contribution in [0.3, 0.4) is 0 Å². The Bertz CT molecular complexity index is 898. The fraction of sp³-hybridized carbons (Fsp3) is 0.391. The fourth-order valence-corrected chi connectivity index (χ4v) is 4.23. The minimum atomic E-state index is -0.320. The van der Waals surface area contributed by atoms with Crippen LogP contribution in [0.1, 0.15) is 18.4 Å². The average Bonchev–Trinajstić information content (AvgIpc) is 3.34. The van der Waals surface area contributed by atoms with Crippen molar-refractivity contribution in [2.24, 2.45) is 5.92 Å². The van der Waals surface area contributed by atoms with E-state index in [0.29, 0.717) is 18.8 Å². The number of rotatable bonds is 7. The molecular weight excluding hydrogens is 366 g/mol. The molecule has 152 valence electrons. The molecule has 0 bridgehead atoms. The maximum Gasteiger partial charge on any atom is 0.227 e. The molecule has 0 aliphatic carbocycles. The van der Waals surface area contributed by atoms with Crippen molar-refractivity contribution in [1.82, 2.24) is 5.32 Å². The second-order valence-electron chi connectivity index (χ2n) is 7.59. The van der Waals surface area contributed by atoms with Crippen LogP contribution in [-0.4, -0.2) is 45.1 Å². The molecule has 6 heteroatoms. The third kappa shape index (κ3) is 4.06. The Hall–Kier alpha value is -3.02. The van der Waals surface area contributed by atoms with Crippen molar-refractivity contribution in [3.8, 4) is 5.75 Å². The molecule has 1 fully saturated rings. The number of fused-ring (bicyclic) bond motifs is 1. The number of hydrogen-bond acceptors (Lipinski definition) is 4. The van der Waals surface area contributed by atoms with Crippen LogP contribution in [0.4, 0.5) is 11.4 Å². The molecule has 0 saturated carbocycles. The molecule has 2 heterocycles. The van der Waals surface area contributed by atoms with Crippen LogP contribution in [0.25, 0.3) is 0 Å². The maximum atomic E-state index is 12.6. The highest BCUT2D eigenvalue weighted by Gasteiger charge is 2.36. The van der Waals surface area contributed by atoms with Crippen molar-refractivity contribution in [3.63, 3.8) is 0 Å². The number of nitrogens with zero attached hydrogens (tertiary/aromatic N) is 2. The normalized spacial score (nSPS) is 18.1. The standard InChI is InChI=1S/C23H27N3O3/c1-29-21-10-5-4-9-20(21)26-16-18(15-22(26)27)23(28)24-12-6-13-25-14-11-17-7-2-3-8-19(17)25/h2-5,7-10,18H,6,11-16H2,1H3,(H,24,28). The van der Waals surface area contributed by atoms with Gasteiger partial charge in [0, 0.05) is 38.3 Å². The predicted molar refractivity (Wildman–Crippen MR) is 113 cm³/mol. The van der Waals surface area contributed by atoms with E-state index in [4.69, 9.17) is 4.74 Å². The number of anilines is 2. The number of methoxy groups -OCH3 is 1. The molecule has 1 atom stereocenters. The molecule has 1 unspecified atom stereocenters. The van der Waals surface area contributed by atoms with Crippen LogP contribution in [0, 0.1) is 5.92 Å². The summed E-state index contributed by atoms with van der Waals surface area (Å²) in [5, 5.41) is 3.02. The summed E-state index contributed by atoms with van der Waals surface area (Å²) in [7, 11) is 1.59. The van der Waals surface area contributed by atoms with E-state index >= 15 is 0 Å². The van der Waals surface area contributed by atoms with Gasteiger partial charge in [0.2, 0.25) is 11.8 Å². The van der Waals surface area contributed by atoms with E-state index in [-0.39, 0.29) is 24.2 Å². The first-order chi connectivity index (χ1) is 14.2. The van der Waals surface area contributed by atoms with Crippen molar-refractivity contribution in [2.45, 2.75) is 19.3 Å². The Kier molecular flexibility index (Phi) is 5.69. The van der Waals surface area contributed by atoms with Crippen molar-refractivity contribution in [2.75, 3.05) is 43.1 Å². The van der Waals surface area contributed by atoms with Crippen LogP contribution in [0.15, 0.2) is 48.5 Å². The van der Waals surface area contributed by atoms with Gasteiger partial charge in [0.1, 0.15) is 5.75 Å². The molecule has 2 aliphatic rings. The van der Waals surface area contributed by atoms with Gasteiger partial charge in [-0.15, -0.1) is 0 Å². The number of carbonyl (C=O) groups is 2. The van der Waals surface area contributed by atoms with Gasteiger partial charge in [-0.1, -0.05) is 30.3 Å². The van der Waals surface area contributed by atoms with Crippen molar-refractivity contribution >= 4 is 23.2 Å². The summed E-state index contributed by atoms with van der Waals surface area (Å²) >= 11 is 0. The van der Waals surface area contributed by atoms with Gasteiger partial charge in [-0.3, -0.25) is 9.59 Å². The molecule has 1 N–H and O–H groups in total. The summed E-state index contributed by atoms with van der Waals surface area (Å²) in [4.78, 5) is 29.1. The van der Waals surface area contributed by atoms with E-state index in [1.807, 2.05) is 24.3 Å². The predicted octanol–water partition coefficient (Wildman–Crippen LogP) is 2.62. The number of benzene rings is 2. The number of carbonyl (C=O) groups excluding carboxylic acids is 2. The highest BCUT2D eigenvalue weighted by atomic mass is 16.5. The maximum absolute atomic E-state index is 12.6. The number of para-hydroxylation sites is 3. The van der Waals surface area contributed by atoms with Gasteiger partial charge < -0.3 is 19.9 Å². The molecule has 0 aromatic heterocycles. The minimum Gasteiger partial charge on any atom is -0.495 e. The lowest BCUT2D eigenvalue weighted by Crippen LogP contribution is -2.35. The Balaban J connectivity index is 1.26. The lowest BCUT2D eigenvalue weighted by molar-refractivity contribution is -0.126. The van der Waals surface area contributed by atoms with E-state index in [9.17, 15) is 9.59 Å². The number of ether oxygens (including phenoxy) is 1. The quantitative estimate of drug-likeness (QED) is 0.735. The molecule has 1 saturated heterocycles. The number of hydrogen-bond donors (Lipinski definition) is 1. The van der Waals surface area contributed by atoms with Gasteiger partial charge in [0.25, 0.3) is 0 Å². The first-order valence-electron chi connectivity index (χ1n) is 10.2. The third-order valence-corrected chi connectivity index (χ3v) is 5.76. The van der Waals surface area contributed by atoms with Gasteiger partial charge in [-0.2, -0.15) is 0 Å². The highest BCUT2D eigenvalue weighted by molar-refractivity contribution is 6.01. The van der Waals surface area contributed by atoms with Gasteiger partial charge in [0.05, 0.1) is 18.7 Å². The van der Waals surface area contributed by atoms with Gasteiger partial charge in [-0.25, -0.2) is 0 Å². The van der Waals surface area contributed by atoms with Crippen molar-refractivity contribution in [1.29, 1.82) is 0 Å². The molecule has 2 aliphatic heterocycles. The Labute approximate surface area is 171 Å². The molecular formula is C23H27N3O3.